The van der Waals surface area contributed by atoms with Gasteiger partial charge in [-0.05, 0) is 13.3 Å². The molecule has 4 nitrogen and oxygen atoms in total. The van der Waals surface area contributed by atoms with Crippen LogP contribution in [-0.4, -0.2) is 59.6 Å². The predicted octanol–water partition coefficient (Wildman–Crippen LogP) is 0.868. The van der Waals surface area contributed by atoms with Crippen molar-refractivity contribution < 1.29 is 9.90 Å². The molecule has 1 saturated heterocycles. The lowest BCUT2D eigenvalue weighted by Gasteiger charge is -2.38. The summed E-state index contributed by atoms with van der Waals surface area (Å²) >= 11 is 0. The highest BCUT2D eigenvalue weighted by molar-refractivity contribution is 5.92. The third-order valence-corrected chi connectivity index (χ3v) is 3.53. The van der Waals surface area contributed by atoms with Gasteiger partial charge in [0.15, 0.2) is 0 Å². The van der Waals surface area contributed by atoms with Crippen molar-refractivity contribution in [1.29, 1.82) is 0 Å². The molecule has 0 aromatic carbocycles. The number of rotatable bonds is 5. The lowest BCUT2D eigenvalue weighted by molar-refractivity contribution is -0.129. The molecule has 1 N–H and O–H groups in total. The highest BCUT2D eigenvalue weighted by Crippen LogP contribution is 2.11. The maximum absolute atomic E-state index is 11.9. The second kappa shape index (κ2) is 6.77. The van der Waals surface area contributed by atoms with Gasteiger partial charge in [-0.25, -0.2) is 0 Å². The largest absolute Gasteiger partial charge is 0.396 e. The van der Waals surface area contributed by atoms with Gasteiger partial charge in [-0.2, -0.15) is 0 Å². The van der Waals surface area contributed by atoms with E-state index in [4.69, 9.17) is 5.11 Å². The minimum absolute atomic E-state index is 0.00257. The summed E-state index contributed by atoms with van der Waals surface area (Å²) in [6.07, 6.45) is 1.52. The van der Waals surface area contributed by atoms with Crippen molar-refractivity contribution in [3.05, 3.63) is 12.2 Å². The zero-order valence-corrected chi connectivity index (χ0v) is 11.0. The van der Waals surface area contributed by atoms with Crippen LogP contribution in [0.5, 0.6) is 0 Å². The molecule has 1 aliphatic rings. The number of carbonyl (C=O) groups excluding carboxylic acids is 1. The Morgan fingerprint density at radius 1 is 1.35 bits per heavy atom. The van der Waals surface area contributed by atoms with Crippen molar-refractivity contribution >= 4 is 5.91 Å². The molecule has 0 bridgehead atoms. The fourth-order valence-electron chi connectivity index (χ4n) is 2.09. The molecule has 1 atom stereocenters. The van der Waals surface area contributed by atoms with E-state index < -0.39 is 0 Å². The number of amides is 1. The van der Waals surface area contributed by atoms with Crippen molar-refractivity contribution in [3.63, 3.8) is 0 Å². The molecule has 0 aromatic heterocycles. The van der Waals surface area contributed by atoms with Crippen LogP contribution in [0.15, 0.2) is 12.2 Å². The number of aliphatic hydroxyl groups excluding tert-OH is 1. The van der Waals surface area contributed by atoms with Gasteiger partial charge in [-0.15, -0.1) is 0 Å². The van der Waals surface area contributed by atoms with Crippen LogP contribution in [0.1, 0.15) is 26.7 Å². The summed E-state index contributed by atoms with van der Waals surface area (Å²) in [5.74, 6) is 0.00264. The molecule has 1 amide bonds. The van der Waals surface area contributed by atoms with Crippen LogP contribution in [0.25, 0.3) is 0 Å². The molecular weight excluding hydrogens is 216 g/mol. The molecule has 1 fully saturated rings. The number of hydrogen-bond donors (Lipinski definition) is 1. The maximum atomic E-state index is 11.9. The van der Waals surface area contributed by atoms with Crippen molar-refractivity contribution in [2.24, 2.45) is 0 Å². The lowest BCUT2D eigenvalue weighted by Crippen LogP contribution is -2.51. The Morgan fingerprint density at radius 2 is 1.94 bits per heavy atom. The fourth-order valence-corrected chi connectivity index (χ4v) is 2.09. The molecule has 1 rings (SSSR count). The molecule has 0 saturated carbocycles. The summed E-state index contributed by atoms with van der Waals surface area (Å²) in [5, 5.41) is 8.79. The molecule has 1 heterocycles. The van der Waals surface area contributed by atoms with Crippen LogP contribution in [-0.2, 0) is 4.79 Å². The van der Waals surface area contributed by atoms with Crippen LogP contribution in [0.4, 0.5) is 0 Å². The molecule has 1 unspecified atom stereocenters. The van der Waals surface area contributed by atoms with Crippen LogP contribution >= 0.6 is 0 Å². The molecule has 4 heteroatoms. The maximum Gasteiger partial charge on any atom is 0.249 e. The summed E-state index contributed by atoms with van der Waals surface area (Å²) in [5.41, 5.74) is 0.518. The van der Waals surface area contributed by atoms with E-state index >= 15 is 0 Å². The van der Waals surface area contributed by atoms with E-state index in [0.717, 1.165) is 32.6 Å². The Hall–Kier alpha value is -0.870. The third kappa shape index (κ3) is 3.82. The van der Waals surface area contributed by atoms with Gasteiger partial charge in [0.05, 0.1) is 0 Å². The number of piperazine rings is 1. The average molecular weight is 240 g/mol. The van der Waals surface area contributed by atoms with Gasteiger partial charge in [0.2, 0.25) is 5.91 Å². The quantitative estimate of drug-likeness (QED) is 0.725. The SMILES string of the molecule is C=C(CCO)C(=O)N1CCN(C(C)CC)CC1. The van der Waals surface area contributed by atoms with Gasteiger partial charge >= 0.3 is 0 Å². The Bertz CT molecular complexity index is 271. The second-order valence-electron chi connectivity index (χ2n) is 4.66. The zero-order chi connectivity index (χ0) is 12.8. The first-order chi connectivity index (χ1) is 8.10. The first-order valence-corrected chi connectivity index (χ1v) is 6.42. The van der Waals surface area contributed by atoms with Crippen molar-refractivity contribution in [3.8, 4) is 0 Å². The molecule has 0 spiro atoms. The second-order valence-corrected chi connectivity index (χ2v) is 4.66. The third-order valence-electron chi connectivity index (χ3n) is 3.53. The standard InChI is InChI=1S/C13H24N2O2/c1-4-12(3)14-6-8-15(9-7-14)13(17)11(2)5-10-16/h12,16H,2,4-10H2,1,3H3. The van der Waals surface area contributed by atoms with Crippen LogP contribution < -0.4 is 0 Å². The smallest absolute Gasteiger partial charge is 0.249 e. The monoisotopic (exact) mass is 240 g/mol. The number of carbonyl (C=O) groups is 1. The van der Waals surface area contributed by atoms with Gasteiger partial charge in [-0.3, -0.25) is 9.69 Å². The normalized spacial score (nSPS) is 19.1. The van der Waals surface area contributed by atoms with Gasteiger partial charge in [-0.1, -0.05) is 13.5 Å². The number of aliphatic hydroxyl groups is 1. The summed E-state index contributed by atoms with van der Waals surface area (Å²) in [6.45, 7) is 11.6. The van der Waals surface area contributed by atoms with E-state index in [9.17, 15) is 4.79 Å². The summed E-state index contributed by atoms with van der Waals surface area (Å²) in [4.78, 5) is 16.2. The van der Waals surface area contributed by atoms with E-state index in [2.05, 4.69) is 25.3 Å². The Kier molecular flexibility index (Phi) is 5.65. The minimum atomic E-state index is -0.00257. The zero-order valence-electron chi connectivity index (χ0n) is 11.0. The Morgan fingerprint density at radius 3 is 2.41 bits per heavy atom. The Labute approximate surface area is 104 Å². The summed E-state index contributed by atoms with van der Waals surface area (Å²) < 4.78 is 0. The highest BCUT2D eigenvalue weighted by Gasteiger charge is 2.24. The van der Waals surface area contributed by atoms with Gasteiger partial charge in [0.25, 0.3) is 0 Å². The van der Waals surface area contributed by atoms with Crippen molar-refractivity contribution in [2.75, 3.05) is 32.8 Å². The number of nitrogens with zero attached hydrogens (tertiary/aromatic N) is 2. The molecule has 98 valence electrons. The van der Waals surface area contributed by atoms with Crippen LogP contribution in [0.3, 0.4) is 0 Å². The van der Waals surface area contributed by atoms with Crippen LogP contribution in [0, 0.1) is 0 Å². The first-order valence-electron chi connectivity index (χ1n) is 6.42. The predicted molar refractivity (Wildman–Crippen MR) is 68.7 cm³/mol. The summed E-state index contributed by atoms with van der Waals surface area (Å²) in [6, 6.07) is 0.591. The fraction of sp³-hybridized carbons (Fsp3) is 0.769. The van der Waals surface area contributed by atoms with Gasteiger partial charge < -0.3 is 10.0 Å². The van der Waals surface area contributed by atoms with Crippen molar-refractivity contribution in [2.45, 2.75) is 32.7 Å². The lowest BCUT2D eigenvalue weighted by atomic mass is 10.1. The topological polar surface area (TPSA) is 43.8 Å². The number of hydrogen-bond acceptors (Lipinski definition) is 3. The first kappa shape index (κ1) is 14.2. The molecule has 0 radical (unpaired) electrons. The van der Waals surface area contributed by atoms with E-state index in [1.54, 1.807) is 0 Å². The molecule has 0 aromatic rings. The van der Waals surface area contributed by atoms with E-state index in [0.29, 0.717) is 18.0 Å². The average Bonchev–Trinajstić information content (AvgIpc) is 2.37. The molecule has 1 aliphatic heterocycles. The molecule has 17 heavy (non-hydrogen) atoms. The van der Waals surface area contributed by atoms with Crippen molar-refractivity contribution in [1.82, 2.24) is 9.80 Å². The summed E-state index contributed by atoms with van der Waals surface area (Å²) in [7, 11) is 0. The Balaban J connectivity index is 2.41. The van der Waals surface area contributed by atoms with Crippen LogP contribution in [0.2, 0.25) is 0 Å². The van der Waals surface area contributed by atoms with Gasteiger partial charge in [0.1, 0.15) is 0 Å². The van der Waals surface area contributed by atoms with E-state index in [-0.39, 0.29) is 12.5 Å². The van der Waals surface area contributed by atoms with Gasteiger partial charge in [0, 0.05) is 50.8 Å². The molecule has 0 aliphatic carbocycles. The van der Waals surface area contributed by atoms with E-state index in [1.807, 2.05) is 4.90 Å². The highest BCUT2D eigenvalue weighted by atomic mass is 16.3. The molecular formula is C13H24N2O2. The minimum Gasteiger partial charge on any atom is -0.396 e. The van der Waals surface area contributed by atoms with E-state index in [1.165, 1.54) is 0 Å².